The molecule has 0 aliphatic heterocycles. The zero-order valence-corrected chi connectivity index (χ0v) is 13.0. The first kappa shape index (κ1) is 16.6. The molecule has 1 aromatic heterocycles. The average Bonchev–Trinajstić information content (AvgIpc) is 2.79. The minimum atomic E-state index is 0. The fourth-order valence-corrected chi connectivity index (χ4v) is 1.78. The second-order valence-corrected chi connectivity index (χ2v) is 4.73. The molecular formula is C12H16Cl2N4O2. The Morgan fingerprint density at radius 1 is 1.40 bits per heavy atom. The molecule has 8 heteroatoms. The van der Waals surface area contributed by atoms with Crippen LogP contribution in [0.1, 0.15) is 5.82 Å². The molecule has 110 valence electrons. The van der Waals surface area contributed by atoms with E-state index in [9.17, 15) is 0 Å². The van der Waals surface area contributed by atoms with Crippen molar-refractivity contribution in [1.29, 1.82) is 0 Å². The van der Waals surface area contributed by atoms with Crippen molar-refractivity contribution in [2.45, 2.75) is 6.54 Å². The molecule has 0 bridgehead atoms. The van der Waals surface area contributed by atoms with Crippen LogP contribution < -0.4 is 10.5 Å². The smallest absolute Gasteiger partial charge is 0.261 e. The molecule has 20 heavy (non-hydrogen) atoms. The van der Waals surface area contributed by atoms with Gasteiger partial charge in [-0.25, -0.2) is 0 Å². The van der Waals surface area contributed by atoms with Crippen molar-refractivity contribution in [3.05, 3.63) is 23.0 Å². The number of nitrogen functional groups attached to an aromatic ring is 1. The van der Waals surface area contributed by atoms with Crippen LogP contribution in [0, 0.1) is 0 Å². The van der Waals surface area contributed by atoms with Gasteiger partial charge in [-0.05, 0) is 20.2 Å². The summed E-state index contributed by atoms with van der Waals surface area (Å²) in [7, 11) is 5.40. The third-order valence-electron chi connectivity index (χ3n) is 2.47. The molecular weight excluding hydrogens is 303 g/mol. The van der Waals surface area contributed by atoms with Crippen LogP contribution in [0.3, 0.4) is 0 Å². The molecule has 1 heterocycles. The highest BCUT2D eigenvalue weighted by atomic mass is 35.5. The fourth-order valence-electron chi connectivity index (χ4n) is 1.62. The van der Waals surface area contributed by atoms with Crippen molar-refractivity contribution in [1.82, 2.24) is 15.0 Å². The minimum Gasteiger partial charge on any atom is -0.496 e. The predicted octanol–water partition coefficient (Wildman–Crippen LogP) is 2.46. The van der Waals surface area contributed by atoms with Gasteiger partial charge in [-0.15, -0.1) is 12.4 Å². The molecule has 0 radical (unpaired) electrons. The van der Waals surface area contributed by atoms with Crippen molar-refractivity contribution < 1.29 is 9.26 Å². The lowest BCUT2D eigenvalue weighted by atomic mass is 10.2. The molecule has 0 atom stereocenters. The maximum atomic E-state index is 6.01. The Labute approximate surface area is 128 Å². The monoisotopic (exact) mass is 318 g/mol. The van der Waals surface area contributed by atoms with E-state index in [-0.39, 0.29) is 12.4 Å². The zero-order chi connectivity index (χ0) is 14.0. The second-order valence-electron chi connectivity index (χ2n) is 4.33. The molecule has 1 aromatic carbocycles. The van der Waals surface area contributed by atoms with Gasteiger partial charge < -0.3 is 19.9 Å². The predicted molar refractivity (Wildman–Crippen MR) is 80.3 cm³/mol. The van der Waals surface area contributed by atoms with Crippen molar-refractivity contribution in [3.8, 4) is 17.2 Å². The number of halogens is 2. The lowest BCUT2D eigenvalue weighted by Crippen LogP contribution is -2.11. The summed E-state index contributed by atoms with van der Waals surface area (Å²) < 4.78 is 10.5. The van der Waals surface area contributed by atoms with Gasteiger partial charge in [0.2, 0.25) is 0 Å². The van der Waals surface area contributed by atoms with E-state index in [1.54, 1.807) is 19.2 Å². The molecule has 0 spiro atoms. The summed E-state index contributed by atoms with van der Waals surface area (Å²) >= 11 is 6.01. The van der Waals surface area contributed by atoms with E-state index in [0.29, 0.717) is 40.3 Å². The second kappa shape index (κ2) is 6.78. The van der Waals surface area contributed by atoms with Gasteiger partial charge in [0.15, 0.2) is 5.82 Å². The number of rotatable bonds is 4. The topological polar surface area (TPSA) is 77.4 Å². The van der Waals surface area contributed by atoms with Crippen LogP contribution >= 0.6 is 24.0 Å². The molecule has 0 saturated heterocycles. The van der Waals surface area contributed by atoms with E-state index in [1.165, 1.54) is 0 Å². The molecule has 0 amide bonds. The number of hydrogen-bond acceptors (Lipinski definition) is 6. The van der Waals surface area contributed by atoms with Crippen LogP contribution in [-0.4, -0.2) is 36.2 Å². The summed E-state index contributed by atoms with van der Waals surface area (Å²) in [6, 6.07) is 3.29. The largest absolute Gasteiger partial charge is 0.496 e. The Balaban J connectivity index is 0.00000200. The number of nitrogens with two attached hydrogens (primary N) is 1. The molecule has 2 rings (SSSR count). The van der Waals surface area contributed by atoms with Gasteiger partial charge in [-0.2, -0.15) is 4.98 Å². The third-order valence-corrected chi connectivity index (χ3v) is 2.80. The minimum absolute atomic E-state index is 0. The Morgan fingerprint density at radius 2 is 2.10 bits per heavy atom. The van der Waals surface area contributed by atoms with E-state index >= 15 is 0 Å². The summed E-state index contributed by atoms with van der Waals surface area (Å²) in [5.74, 6) is 1.49. The van der Waals surface area contributed by atoms with Crippen LogP contribution in [0.2, 0.25) is 5.02 Å². The van der Waals surface area contributed by atoms with Crippen molar-refractivity contribution in [2.75, 3.05) is 26.9 Å². The number of benzene rings is 1. The first-order valence-corrected chi connectivity index (χ1v) is 5.99. The Morgan fingerprint density at radius 3 is 2.70 bits per heavy atom. The summed E-state index contributed by atoms with van der Waals surface area (Å²) in [6.07, 6.45) is 0. The van der Waals surface area contributed by atoms with Gasteiger partial charge in [0.05, 0.1) is 29.9 Å². The number of methoxy groups -OCH3 is 1. The van der Waals surface area contributed by atoms with Crippen molar-refractivity contribution >= 4 is 29.7 Å². The zero-order valence-electron chi connectivity index (χ0n) is 11.4. The SMILES string of the molecule is COc1cc(N)c(Cl)cc1-c1nc(CN(C)C)no1.Cl. The average molecular weight is 319 g/mol. The molecule has 0 aliphatic rings. The fraction of sp³-hybridized carbons (Fsp3) is 0.333. The van der Waals surface area contributed by atoms with E-state index in [1.807, 2.05) is 19.0 Å². The van der Waals surface area contributed by atoms with Crippen molar-refractivity contribution in [2.24, 2.45) is 0 Å². The van der Waals surface area contributed by atoms with E-state index < -0.39 is 0 Å². The van der Waals surface area contributed by atoms with E-state index in [2.05, 4.69) is 10.1 Å². The highest BCUT2D eigenvalue weighted by Crippen LogP contribution is 2.35. The highest BCUT2D eigenvalue weighted by molar-refractivity contribution is 6.33. The van der Waals surface area contributed by atoms with Gasteiger partial charge in [-0.3, -0.25) is 0 Å². The Kier molecular flexibility index (Phi) is 5.62. The highest BCUT2D eigenvalue weighted by Gasteiger charge is 2.16. The van der Waals surface area contributed by atoms with Crippen LogP contribution in [-0.2, 0) is 6.54 Å². The summed E-state index contributed by atoms with van der Waals surface area (Å²) in [5, 5.41) is 4.32. The molecule has 6 nitrogen and oxygen atoms in total. The normalized spacial score (nSPS) is 10.4. The quantitative estimate of drug-likeness (QED) is 0.872. The van der Waals surface area contributed by atoms with Crippen LogP contribution in [0.25, 0.3) is 11.5 Å². The Hall–Kier alpha value is -1.50. The maximum absolute atomic E-state index is 6.01. The molecule has 0 saturated carbocycles. The van der Waals surface area contributed by atoms with Crippen LogP contribution in [0.15, 0.2) is 16.7 Å². The number of hydrogen-bond donors (Lipinski definition) is 1. The van der Waals surface area contributed by atoms with Crippen molar-refractivity contribution in [3.63, 3.8) is 0 Å². The van der Waals surface area contributed by atoms with Gasteiger partial charge in [-0.1, -0.05) is 16.8 Å². The first-order chi connectivity index (χ1) is 9.01. The van der Waals surface area contributed by atoms with E-state index in [0.717, 1.165) is 0 Å². The van der Waals surface area contributed by atoms with Gasteiger partial charge >= 0.3 is 0 Å². The molecule has 0 unspecified atom stereocenters. The maximum Gasteiger partial charge on any atom is 0.261 e. The van der Waals surface area contributed by atoms with Gasteiger partial charge in [0.25, 0.3) is 5.89 Å². The number of anilines is 1. The summed E-state index contributed by atoms with van der Waals surface area (Å²) in [6.45, 7) is 0.592. The number of nitrogens with zero attached hydrogens (tertiary/aromatic N) is 3. The third kappa shape index (κ3) is 3.53. The Bertz CT molecular complexity index is 587. The lowest BCUT2D eigenvalue weighted by molar-refractivity contribution is 0.364. The molecule has 0 aliphatic carbocycles. The van der Waals surface area contributed by atoms with Crippen LogP contribution in [0.4, 0.5) is 5.69 Å². The van der Waals surface area contributed by atoms with E-state index in [4.69, 9.17) is 26.6 Å². The summed E-state index contributed by atoms with van der Waals surface area (Å²) in [5.41, 5.74) is 6.79. The number of aromatic nitrogens is 2. The first-order valence-electron chi connectivity index (χ1n) is 5.62. The van der Waals surface area contributed by atoms with Gasteiger partial charge in [0.1, 0.15) is 5.75 Å². The molecule has 2 N–H and O–H groups in total. The number of ether oxygens (including phenoxy) is 1. The van der Waals surface area contributed by atoms with Crippen LogP contribution in [0.5, 0.6) is 5.75 Å². The lowest BCUT2D eigenvalue weighted by Gasteiger charge is -2.07. The molecule has 2 aromatic rings. The standard InChI is InChI=1S/C12H15ClN4O2.ClH/c1-17(2)6-11-15-12(19-16-11)7-4-8(13)9(14)5-10(7)18-3;/h4-5H,6,14H2,1-3H3;1H. The van der Waals surface area contributed by atoms with Gasteiger partial charge in [0, 0.05) is 6.07 Å². The molecule has 0 fully saturated rings. The summed E-state index contributed by atoms with van der Waals surface area (Å²) in [4.78, 5) is 6.25.